The molecule has 0 aliphatic heterocycles. The molecule has 2 rings (SSSR count). The Morgan fingerprint density at radius 1 is 1.27 bits per heavy atom. The van der Waals surface area contributed by atoms with E-state index in [2.05, 4.69) is 10.1 Å². The fourth-order valence-electron chi connectivity index (χ4n) is 2.55. The molecule has 1 amide bonds. The highest BCUT2D eigenvalue weighted by Crippen LogP contribution is 2.27. The summed E-state index contributed by atoms with van der Waals surface area (Å²) in [5, 5.41) is 23.5. The van der Waals surface area contributed by atoms with Crippen molar-refractivity contribution >= 4 is 5.91 Å². The van der Waals surface area contributed by atoms with Crippen LogP contribution in [0.15, 0.2) is 43.0 Å². The molecule has 0 fully saturated rings. The summed E-state index contributed by atoms with van der Waals surface area (Å²) in [7, 11) is 0. The van der Waals surface area contributed by atoms with Gasteiger partial charge in [-0.1, -0.05) is 18.2 Å². The van der Waals surface area contributed by atoms with Gasteiger partial charge in [-0.2, -0.15) is 18.3 Å². The van der Waals surface area contributed by atoms with Crippen molar-refractivity contribution < 1.29 is 28.2 Å². The van der Waals surface area contributed by atoms with Gasteiger partial charge in [-0.3, -0.25) is 4.79 Å². The van der Waals surface area contributed by atoms with Crippen molar-refractivity contribution in [2.75, 3.05) is 13.2 Å². The average Bonchev–Trinajstić information content (AvgIpc) is 3.13. The molecule has 0 spiro atoms. The monoisotopic (exact) mass is 372 g/mol. The Balaban J connectivity index is 2.32. The van der Waals surface area contributed by atoms with Crippen LogP contribution in [0.1, 0.15) is 29.4 Å². The maximum Gasteiger partial charge on any atom is 0.389 e. The molecule has 2 N–H and O–H groups in total. The summed E-state index contributed by atoms with van der Waals surface area (Å²) in [5.41, 5.74) is 0.272. The van der Waals surface area contributed by atoms with E-state index >= 15 is 0 Å². The lowest BCUT2D eigenvalue weighted by Gasteiger charge is -2.34. The summed E-state index contributed by atoms with van der Waals surface area (Å²) in [6.45, 7) is -0.628. The lowest BCUT2D eigenvalue weighted by Crippen LogP contribution is -2.46. The van der Waals surface area contributed by atoms with Crippen LogP contribution >= 0.6 is 0 Å². The fraction of sp³-hybridized carbons (Fsp3) is 0.438. The van der Waals surface area contributed by atoms with E-state index in [1.807, 2.05) is 0 Å². The van der Waals surface area contributed by atoms with Gasteiger partial charge in [0, 0.05) is 18.5 Å². The molecule has 2 aromatic rings. The van der Waals surface area contributed by atoms with Crippen LogP contribution in [0.3, 0.4) is 0 Å². The van der Waals surface area contributed by atoms with E-state index in [1.54, 1.807) is 18.2 Å². The van der Waals surface area contributed by atoms with Gasteiger partial charge < -0.3 is 15.1 Å². The Morgan fingerprint density at radius 3 is 2.50 bits per heavy atom. The number of amides is 1. The Kier molecular flexibility index (Phi) is 6.70. The van der Waals surface area contributed by atoms with E-state index in [4.69, 9.17) is 0 Å². The number of hydrogen-bond acceptors (Lipinski definition) is 5. The van der Waals surface area contributed by atoms with E-state index in [0.717, 1.165) is 15.9 Å². The quantitative estimate of drug-likeness (QED) is 0.735. The van der Waals surface area contributed by atoms with Crippen molar-refractivity contribution in [2.24, 2.45) is 0 Å². The summed E-state index contributed by atoms with van der Waals surface area (Å²) in [6, 6.07) is 8.05. The first-order valence-corrected chi connectivity index (χ1v) is 7.89. The van der Waals surface area contributed by atoms with E-state index in [-0.39, 0.29) is 12.1 Å². The molecule has 26 heavy (non-hydrogen) atoms. The van der Waals surface area contributed by atoms with E-state index in [0.29, 0.717) is 0 Å². The van der Waals surface area contributed by atoms with Crippen LogP contribution in [0.2, 0.25) is 0 Å². The molecule has 10 heteroatoms. The molecule has 1 aromatic heterocycles. The topological polar surface area (TPSA) is 91.5 Å². The largest absolute Gasteiger partial charge is 0.395 e. The zero-order valence-electron chi connectivity index (χ0n) is 13.8. The van der Waals surface area contributed by atoms with Gasteiger partial charge >= 0.3 is 6.18 Å². The smallest absolute Gasteiger partial charge is 0.389 e. The Morgan fingerprint density at radius 2 is 1.96 bits per heavy atom. The van der Waals surface area contributed by atoms with Crippen molar-refractivity contribution in [1.29, 1.82) is 0 Å². The predicted molar refractivity (Wildman–Crippen MR) is 84.9 cm³/mol. The first-order chi connectivity index (χ1) is 12.3. The molecule has 0 saturated carbocycles. The molecular formula is C16H19F3N4O3. The molecule has 1 aromatic carbocycles. The second-order valence-corrected chi connectivity index (χ2v) is 5.60. The van der Waals surface area contributed by atoms with Crippen LogP contribution in [-0.4, -0.2) is 61.2 Å². The van der Waals surface area contributed by atoms with Crippen molar-refractivity contribution in [3.8, 4) is 0 Å². The maximum atomic E-state index is 12.8. The summed E-state index contributed by atoms with van der Waals surface area (Å²) < 4.78 is 38.7. The van der Waals surface area contributed by atoms with Gasteiger partial charge in [0.1, 0.15) is 12.7 Å². The molecule has 0 radical (unpaired) electrons. The first-order valence-electron chi connectivity index (χ1n) is 7.89. The highest BCUT2D eigenvalue weighted by atomic mass is 19.4. The Labute approximate surface area is 147 Å². The number of aromatic nitrogens is 3. The molecule has 7 nitrogen and oxygen atoms in total. The average molecular weight is 372 g/mol. The second-order valence-electron chi connectivity index (χ2n) is 5.60. The number of aliphatic hydroxyl groups excluding tert-OH is 2. The summed E-state index contributed by atoms with van der Waals surface area (Å²) in [6.07, 6.45) is -6.74. The van der Waals surface area contributed by atoms with E-state index < -0.39 is 43.8 Å². The zero-order chi connectivity index (χ0) is 19.2. The van der Waals surface area contributed by atoms with Gasteiger partial charge in [-0.25, -0.2) is 9.67 Å². The van der Waals surface area contributed by atoms with Crippen molar-refractivity contribution in [3.63, 3.8) is 0 Å². The van der Waals surface area contributed by atoms with Gasteiger partial charge in [0.05, 0.1) is 12.7 Å². The predicted octanol–water partition coefficient (Wildman–Crippen LogP) is 1.61. The number of rotatable bonds is 8. The van der Waals surface area contributed by atoms with Crippen LogP contribution in [0.4, 0.5) is 13.2 Å². The van der Waals surface area contributed by atoms with Crippen LogP contribution in [-0.2, 0) is 0 Å². The van der Waals surface area contributed by atoms with E-state index in [1.165, 1.54) is 18.5 Å². The minimum atomic E-state index is -4.45. The van der Waals surface area contributed by atoms with Gasteiger partial charge in [-0.15, -0.1) is 0 Å². The summed E-state index contributed by atoms with van der Waals surface area (Å²) in [5.74, 6) is -0.550. The molecule has 0 bridgehead atoms. The number of nitrogens with zero attached hydrogens (tertiary/aromatic N) is 4. The van der Waals surface area contributed by atoms with Crippen LogP contribution in [0, 0.1) is 0 Å². The van der Waals surface area contributed by atoms with Gasteiger partial charge in [0.25, 0.3) is 5.91 Å². The third kappa shape index (κ3) is 5.27. The third-order valence-electron chi connectivity index (χ3n) is 3.72. The number of hydrogen-bond donors (Lipinski definition) is 2. The van der Waals surface area contributed by atoms with Crippen LogP contribution in [0.25, 0.3) is 0 Å². The maximum absolute atomic E-state index is 12.8. The van der Waals surface area contributed by atoms with Crippen LogP contribution in [0.5, 0.6) is 0 Å². The SMILES string of the molecule is O=C(c1ccccc1)N(CCO)C(C(O)CCC(F)(F)F)n1cncn1. The molecule has 1 heterocycles. The number of alkyl halides is 3. The summed E-state index contributed by atoms with van der Waals surface area (Å²) in [4.78, 5) is 17.6. The fourth-order valence-corrected chi connectivity index (χ4v) is 2.55. The zero-order valence-corrected chi connectivity index (χ0v) is 13.8. The minimum Gasteiger partial charge on any atom is -0.395 e. The first kappa shape index (κ1) is 19.9. The van der Waals surface area contributed by atoms with Crippen molar-refractivity contribution in [1.82, 2.24) is 19.7 Å². The lowest BCUT2D eigenvalue weighted by atomic mass is 10.1. The molecule has 142 valence electrons. The Hall–Kier alpha value is -2.46. The highest BCUT2D eigenvalue weighted by molar-refractivity contribution is 5.94. The van der Waals surface area contributed by atoms with Crippen molar-refractivity contribution in [3.05, 3.63) is 48.5 Å². The molecular weight excluding hydrogens is 353 g/mol. The van der Waals surface area contributed by atoms with E-state index in [9.17, 15) is 28.2 Å². The summed E-state index contributed by atoms with van der Waals surface area (Å²) >= 11 is 0. The van der Waals surface area contributed by atoms with Gasteiger partial charge in [0.15, 0.2) is 6.17 Å². The molecule has 0 aliphatic rings. The molecule has 0 aliphatic carbocycles. The molecule has 2 unspecified atom stereocenters. The highest BCUT2D eigenvalue weighted by Gasteiger charge is 2.35. The standard InChI is InChI=1S/C16H19F3N4O3/c17-16(18,19)7-6-13(25)14(23-11-20-10-21-23)22(8-9-24)15(26)12-4-2-1-3-5-12/h1-5,10-11,13-14,24-25H,6-9H2. The normalized spacial score (nSPS) is 14.0. The Bertz CT molecular complexity index is 680. The second kappa shape index (κ2) is 8.77. The number of benzene rings is 1. The third-order valence-corrected chi connectivity index (χ3v) is 3.72. The molecule has 2 atom stereocenters. The van der Waals surface area contributed by atoms with Crippen LogP contribution < -0.4 is 0 Å². The number of carbonyl (C=O) groups excluding carboxylic acids is 1. The molecule has 0 saturated heterocycles. The minimum absolute atomic E-state index is 0.193. The number of halogens is 3. The van der Waals surface area contributed by atoms with Gasteiger partial charge in [-0.05, 0) is 18.6 Å². The lowest BCUT2D eigenvalue weighted by molar-refractivity contribution is -0.143. The van der Waals surface area contributed by atoms with Gasteiger partial charge in [0.2, 0.25) is 0 Å². The number of aliphatic hydroxyl groups is 2. The van der Waals surface area contributed by atoms with Crippen molar-refractivity contribution in [2.45, 2.75) is 31.3 Å². The number of carbonyl (C=O) groups is 1.